The number of piperidine rings is 1. The first-order valence-electron chi connectivity index (χ1n) is 10.8. The molecule has 0 spiro atoms. The van der Waals surface area contributed by atoms with Gasteiger partial charge in [-0.2, -0.15) is 0 Å². The highest BCUT2D eigenvalue weighted by Gasteiger charge is 2.37. The summed E-state index contributed by atoms with van der Waals surface area (Å²) in [6, 6.07) is 0.862. The molecule has 0 aromatic rings. The number of hydrogen-bond donors (Lipinski definition) is 1. The van der Waals surface area contributed by atoms with Gasteiger partial charge in [-0.3, -0.25) is 4.99 Å². The van der Waals surface area contributed by atoms with Crippen molar-refractivity contribution in [3.63, 3.8) is 0 Å². The summed E-state index contributed by atoms with van der Waals surface area (Å²) in [6.45, 7) is 13.8. The first-order valence-corrected chi connectivity index (χ1v) is 10.8. The molecule has 3 aliphatic rings. The molecule has 2 aliphatic carbocycles. The molecular weight excluding hydrogens is 467 g/mol. The van der Waals surface area contributed by atoms with Gasteiger partial charge in [0.1, 0.15) is 5.60 Å². The van der Waals surface area contributed by atoms with E-state index in [1.54, 1.807) is 0 Å². The molecule has 0 aromatic carbocycles. The second-order valence-corrected chi connectivity index (χ2v) is 9.56. The standard InChI is InChI=1S/C21H38N4O2.HI/c1-6-22-19(23-18-13-15(18)2)24-11-9-17(10-12-24)25(14-16-7-8-16)20(26)27-21(3,4)5;/h15-18H,6-14H2,1-5H3,(H,22,23);1H. The van der Waals surface area contributed by atoms with E-state index in [9.17, 15) is 4.79 Å². The molecule has 6 nitrogen and oxygen atoms in total. The quantitative estimate of drug-likeness (QED) is 0.347. The minimum Gasteiger partial charge on any atom is -0.444 e. The average Bonchev–Trinajstić information content (AvgIpc) is 3.50. The molecule has 1 N–H and O–H groups in total. The van der Waals surface area contributed by atoms with Crippen LogP contribution in [0.2, 0.25) is 0 Å². The SMILES string of the molecule is CCN=C(NC1CC1C)N1CCC(N(CC2CC2)C(=O)OC(C)(C)C)CC1.I. The van der Waals surface area contributed by atoms with Gasteiger partial charge in [0.05, 0.1) is 0 Å². The van der Waals surface area contributed by atoms with Gasteiger partial charge in [-0.05, 0) is 71.6 Å². The zero-order valence-electron chi connectivity index (χ0n) is 18.2. The molecule has 1 amide bonds. The summed E-state index contributed by atoms with van der Waals surface area (Å²) in [5, 5.41) is 3.62. The topological polar surface area (TPSA) is 57.2 Å². The lowest BCUT2D eigenvalue weighted by molar-refractivity contribution is 0.00928. The monoisotopic (exact) mass is 506 g/mol. The second kappa shape index (κ2) is 9.85. The highest BCUT2D eigenvalue weighted by atomic mass is 127. The van der Waals surface area contributed by atoms with Crippen molar-refractivity contribution in [3.8, 4) is 0 Å². The molecular formula is C21H39IN4O2. The molecule has 7 heteroatoms. The number of rotatable bonds is 5. The van der Waals surface area contributed by atoms with Crippen molar-refractivity contribution in [3.05, 3.63) is 0 Å². The van der Waals surface area contributed by atoms with Crippen LogP contribution in [0.5, 0.6) is 0 Å². The first-order chi connectivity index (χ1) is 12.8. The molecule has 2 saturated carbocycles. The summed E-state index contributed by atoms with van der Waals surface area (Å²) < 4.78 is 5.70. The highest BCUT2D eigenvalue weighted by molar-refractivity contribution is 14.0. The van der Waals surface area contributed by atoms with E-state index in [-0.39, 0.29) is 36.1 Å². The van der Waals surface area contributed by atoms with Crippen LogP contribution in [0, 0.1) is 11.8 Å². The van der Waals surface area contributed by atoms with Crippen molar-refractivity contribution in [1.29, 1.82) is 0 Å². The molecule has 1 saturated heterocycles. The lowest BCUT2D eigenvalue weighted by Gasteiger charge is -2.40. The van der Waals surface area contributed by atoms with Gasteiger partial charge in [0, 0.05) is 38.3 Å². The maximum atomic E-state index is 12.8. The van der Waals surface area contributed by atoms with Gasteiger partial charge < -0.3 is 19.9 Å². The van der Waals surface area contributed by atoms with Crippen molar-refractivity contribution in [2.75, 3.05) is 26.2 Å². The van der Waals surface area contributed by atoms with E-state index in [1.165, 1.54) is 19.3 Å². The van der Waals surface area contributed by atoms with E-state index in [1.807, 2.05) is 25.7 Å². The molecule has 0 radical (unpaired) electrons. The lowest BCUT2D eigenvalue weighted by Crippen LogP contribution is -2.53. The Morgan fingerprint density at radius 1 is 1.21 bits per heavy atom. The van der Waals surface area contributed by atoms with Gasteiger partial charge in [0.25, 0.3) is 0 Å². The number of aliphatic imine (C=N–C) groups is 1. The molecule has 1 aliphatic heterocycles. The second-order valence-electron chi connectivity index (χ2n) is 9.56. The number of halogens is 1. The average molecular weight is 506 g/mol. The van der Waals surface area contributed by atoms with Crippen molar-refractivity contribution >= 4 is 36.0 Å². The Hall–Kier alpha value is -0.730. The summed E-state index contributed by atoms with van der Waals surface area (Å²) in [5.74, 6) is 2.48. The van der Waals surface area contributed by atoms with Crippen molar-refractivity contribution < 1.29 is 9.53 Å². The highest BCUT2D eigenvalue weighted by Crippen LogP contribution is 2.33. The predicted octanol–water partition coefficient (Wildman–Crippen LogP) is 4.09. The summed E-state index contributed by atoms with van der Waals surface area (Å²) >= 11 is 0. The first kappa shape index (κ1) is 23.5. The third kappa shape index (κ3) is 6.95. The molecule has 0 bridgehead atoms. The van der Waals surface area contributed by atoms with Crippen molar-refractivity contribution in [2.45, 2.75) is 84.4 Å². The van der Waals surface area contributed by atoms with Crippen LogP contribution in [0.1, 0.15) is 66.7 Å². The molecule has 3 fully saturated rings. The summed E-state index contributed by atoms with van der Waals surface area (Å²) in [4.78, 5) is 21.9. The third-order valence-electron chi connectivity index (χ3n) is 5.72. The molecule has 2 unspecified atom stereocenters. The number of carbonyl (C=O) groups excluding carboxylic acids is 1. The van der Waals surface area contributed by atoms with Crippen LogP contribution in [-0.2, 0) is 4.74 Å². The van der Waals surface area contributed by atoms with Gasteiger partial charge in [-0.15, -0.1) is 24.0 Å². The molecule has 1 heterocycles. The van der Waals surface area contributed by atoms with Crippen LogP contribution in [0.4, 0.5) is 4.79 Å². The van der Waals surface area contributed by atoms with Crippen LogP contribution in [0.25, 0.3) is 0 Å². The third-order valence-corrected chi connectivity index (χ3v) is 5.72. The Morgan fingerprint density at radius 2 is 1.82 bits per heavy atom. The van der Waals surface area contributed by atoms with E-state index in [2.05, 4.69) is 24.1 Å². The molecule has 2 atom stereocenters. The van der Waals surface area contributed by atoms with Crippen molar-refractivity contribution in [1.82, 2.24) is 15.1 Å². The van der Waals surface area contributed by atoms with Crippen LogP contribution >= 0.6 is 24.0 Å². The zero-order valence-corrected chi connectivity index (χ0v) is 20.6. The van der Waals surface area contributed by atoms with Gasteiger partial charge >= 0.3 is 6.09 Å². The van der Waals surface area contributed by atoms with E-state index < -0.39 is 5.60 Å². The smallest absolute Gasteiger partial charge is 0.410 e. The molecule has 28 heavy (non-hydrogen) atoms. The molecule has 3 rings (SSSR count). The van der Waals surface area contributed by atoms with Crippen LogP contribution in [0.3, 0.4) is 0 Å². The minimum absolute atomic E-state index is 0. The van der Waals surface area contributed by atoms with E-state index in [0.717, 1.165) is 50.9 Å². The fraction of sp³-hybridized carbons (Fsp3) is 0.905. The summed E-state index contributed by atoms with van der Waals surface area (Å²) in [7, 11) is 0. The van der Waals surface area contributed by atoms with Gasteiger partial charge in [0.2, 0.25) is 0 Å². The van der Waals surface area contributed by atoms with Gasteiger partial charge in [-0.1, -0.05) is 6.92 Å². The van der Waals surface area contributed by atoms with Crippen molar-refractivity contribution in [2.24, 2.45) is 16.8 Å². The van der Waals surface area contributed by atoms with Crippen LogP contribution in [-0.4, -0.2) is 65.7 Å². The Bertz CT molecular complexity index is 551. The fourth-order valence-electron chi connectivity index (χ4n) is 3.74. The number of nitrogens with one attached hydrogen (secondary N) is 1. The maximum absolute atomic E-state index is 12.8. The number of nitrogens with zero attached hydrogens (tertiary/aromatic N) is 3. The Balaban J connectivity index is 0.00000280. The number of ether oxygens (including phenoxy) is 1. The maximum Gasteiger partial charge on any atom is 0.410 e. The number of guanidine groups is 1. The number of hydrogen-bond acceptors (Lipinski definition) is 3. The number of carbonyl (C=O) groups is 1. The van der Waals surface area contributed by atoms with Gasteiger partial charge in [-0.25, -0.2) is 4.79 Å². The largest absolute Gasteiger partial charge is 0.444 e. The predicted molar refractivity (Wildman–Crippen MR) is 124 cm³/mol. The fourth-order valence-corrected chi connectivity index (χ4v) is 3.74. The van der Waals surface area contributed by atoms with Gasteiger partial charge in [0.15, 0.2) is 5.96 Å². The Kier molecular flexibility index (Phi) is 8.28. The van der Waals surface area contributed by atoms with E-state index >= 15 is 0 Å². The zero-order chi connectivity index (χ0) is 19.6. The minimum atomic E-state index is -0.439. The molecule has 162 valence electrons. The van der Waals surface area contributed by atoms with Crippen LogP contribution in [0.15, 0.2) is 4.99 Å². The van der Waals surface area contributed by atoms with E-state index in [4.69, 9.17) is 9.73 Å². The molecule has 0 aromatic heterocycles. The van der Waals surface area contributed by atoms with Crippen LogP contribution < -0.4 is 5.32 Å². The number of likely N-dealkylation sites (tertiary alicyclic amines) is 1. The normalized spacial score (nSPS) is 25.8. The Labute approximate surface area is 187 Å². The summed E-state index contributed by atoms with van der Waals surface area (Å²) in [6.07, 6.45) is 5.56. The number of amides is 1. The van der Waals surface area contributed by atoms with E-state index in [0.29, 0.717) is 12.0 Å². The summed E-state index contributed by atoms with van der Waals surface area (Å²) in [5.41, 5.74) is -0.439. The Morgan fingerprint density at radius 3 is 2.29 bits per heavy atom. The lowest BCUT2D eigenvalue weighted by atomic mass is 10.0.